The molecule has 0 unspecified atom stereocenters. The number of benzene rings is 3. The van der Waals surface area contributed by atoms with Gasteiger partial charge in [-0.2, -0.15) is 10.6 Å². The van der Waals surface area contributed by atoms with Crippen LogP contribution in [-0.4, -0.2) is 44.7 Å². The summed E-state index contributed by atoms with van der Waals surface area (Å²) in [5, 5.41) is 19.8. The van der Waals surface area contributed by atoms with E-state index in [1.165, 1.54) is 0 Å². The van der Waals surface area contributed by atoms with Crippen LogP contribution in [0.2, 0.25) is 0 Å². The van der Waals surface area contributed by atoms with Crippen LogP contribution in [0, 0.1) is 11.6 Å². The third-order valence-corrected chi connectivity index (χ3v) is 8.22. The molecule has 3 aromatic carbocycles. The molecule has 4 rings (SSSR count). The summed E-state index contributed by atoms with van der Waals surface area (Å²) in [6, 6.07) is 15.8. The number of halogens is 2. The van der Waals surface area contributed by atoms with E-state index < -0.39 is 46.4 Å². The number of aryl methyl sites for hydroxylation is 1. The lowest BCUT2D eigenvalue weighted by atomic mass is 9.97. The second-order valence-corrected chi connectivity index (χ2v) is 11.8. The summed E-state index contributed by atoms with van der Waals surface area (Å²) in [6.07, 6.45) is -0.369. The van der Waals surface area contributed by atoms with E-state index in [-0.39, 0.29) is 30.0 Å². The van der Waals surface area contributed by atoms with Crippen LogP contribution >= 0.6 is 10.6 Å². The maximum atomic E-state index is 13.8. The molecule has 1 aliphatic rings. The average molecular weight is 546 g/mol. The first-order valence-corrected chi connectivity index (χ1v) is 14.3. The van der Waals surface area contributed by atoms with Gasteiger partial charge in [-0.05, 0) is 59.4 Å². The van der Waals surface area contributed by atoms with Gasteiger partial charge in [0.1, 0.15) is 11.6 Å². The highest BCUT2D eigenvalue weighted by Gasteiger charge is 2.31. The molecule has 0 aromatic heterocycles. The van der Waals surface area contributed by atoms with Crippen LogP contribution < -0.4 is 16.0 Å². The fourth-order valence-corrected chi connectivity index (χ4v) is 6.39. The highest BCUT2D eigenvalue weighted by Crippen LogP contribution is 2.50. The molecule has 0 saturated heterocycles. The number of aliphatic hydroxyl groups is 1. The Kier molecular flexibility index (Phi) is 9.01. The minimum Gasteiger partial charge on any atom is -0.390 e. The summed E-state index contributed by atoms with van der Waals surface area (Å²) in [5.41, 5.74) is 3.72. The van der Waals surface area contributed by atoms with Crippen molar-refractivity contribution in [1.29, 1.82) is 0 Å². The number of hydrogen-bond donors (Lipinski definition) is 6. The summed E-state index contributed by atoms with van der Waals surface area (Å²) in [6.45, 7) is 2.03. The Morgan fingerprint density at radius 2 is 1.74 bits per heavy atom. The van der Waals surface area contributed by atoms with Crippen LogP contribution in [-0.2, 0) is 18.6 Å². The second-order valence-electron chi connectivity index (χ2n) is 9.58. The number of amides is 2. The number of para-hydroxylation sites is 1. The van der Waals surface area contributed by atoms with Crippen LogP contribution in [0.3, 0.4) is 0 Å². The first kappa shape index (κ1) is 28.0. The lowest BCUT2D eigenvalue weighted by molar-refractivity contribution is 0.125. The number of anilines is 1. The molecule has 3 aromatic rings. The predicted molar refractivity (Wildman–Crippen MR) is 146 cm³/mol. The van der Waals surface area contributed by atoms with Crippen LogP contribution in [0.25, 0.3) is 0 Å². The fourth-order valence-electron chi connectivity index (χ4n) is 4.68. The quantitative estimate of drug-likeness (QED) is 0.221. The number of urea groups is 1. The Bertz CT molecular complexity index is 1240. The molecule has 0 spiro atoms. The van der Waals surface area contributed by atoms with Crippen molar-refractivity contribution in [2.75, 3.05) is 17.6 Å². The van der Waals surface area contributed by atoms with Gasteiger partial charge in [0.05, 0.1) is 29.7 Å². The highest BCUT2D eigenvalue weighted by molar-refractivity contribution is 8.23. The fraction of sp³-hybridized carbons (Fsp3) is 0.321. The van der Waals surface area contributed by atoms with Crippen LogP contribution in [0.4, 0.5) is 19.3 Å². The molecule has 1 heterocycles. The SMILES string of the molecule is CCc1ccc2c(c1)[C@@H](NC[C@H](O)[C@H](Cc1cc(F)cc(F)c1)NC(=O)Nc1ccccc1)CS(O)(O)C2. The number of carbonyl (C=O) groups excluding carboxylic acids is 1. The third kappa shape index (κ3) is 7.52. The Morgan fingerprint density at radius 1 is 1.03 bits per heavy atom. The molecule has 0 fully saturated rings. The molecular weight excluding hydrogens is 512 g/mol. The molecular formula is C28H33F2N3O4S. The van der Waals surface area contributed by atoms with Crippen molar-refractivity contribution in [3.63, 3.8) is 0 Å². The van der Waals surface area contributed by atoms with Gasteiger partial charge in [0, 0.05) is 18.3 Å². The number of rotatable bonds is 9. The van der Waals surface area contributed by atoms with Crippen LogP contribution in [0.5, 0.6) is 0 Å². The Balaban J connectivity index is 1.51. The van der Waals surface area contributed by atoms with E-state index in [0.29, 0.717) is 5.69 Å². The molecule has 6 N–H and O–H groups in total. The van der Waals surface area contributed by atoms with Crippen LogP contribution in [0.1, 0.15) is 35.2 Å². The number of fused-ring (bicyclic) bond motifs is 1. The van der Waals surface area contributed by atoms with E-state index in [1.54, 1.807) is 24.3 Å². The summed E-state index contributed by atoms with van der Waals surface area (Å²) >= 11 is 0. The second kappa shape index (κ2) is 12.2. The highest BCUT2D eigenvalue weighted by atomic mass is 32.3. The third-order valence-electron chi connectivity index (χ3n) is 6.58. The van der Waals surface area contributed by atoms with Gasteiger partial charge >= 0.3 is 6.03 Å². The normalized spacial score (nSPS) is 18.6. The van der Waals surface area contributed by atoms with Crippen molar-refractivity contribution in [2.45, 2.75) is 43.7 Å². The van der Waals surface area contributed by atoms with E-state index in [9.17, 15) is 27.8 Å². The molecule has 2 amide bonds. The molecule has 7 nitrogen and oxygen atoms in total. The molecule has 0 saturated carbocycles. The average Bonchev–Trinajstić information content (AvgIpc) is 2.86. The molecule has 38 heavy (non-hydrogen) atoms. The largest absolute Gasteiger partial charge is 0.390 e. The van der Waals surface area contributed by atoms with E-state index >= 15 is 0 Å². The minimum atomic E-state index is -2.85. The monoisotopic (exact) mass is 545 g/mol. The van der Waals surface area contributed by atoms with Gasteiger partial charge in [-0.25, -0.2) is 13.6 Å². The summed E-state index contributed by atoms with van der Waals surface area (Å²) in [4.78, 5) is 12.7. The predicted octanol–water partition coefficient (Wildman–Crippen LogP) is 5.22. The molecule has 3 atom stereocenters. The van der Waals surface area contributed by atoms with Crippen molar-refractivity contribution in [3.05, 3.63) is 101 Å². The van der Waals surface area contributed by atoms with Gasteiger partial charge in [0.25, 0.3) is 0 Å². The molecule has 0 radical (unpaired) electrons. The number of aliphatic hydroxyl groups excluding tert-OH is 1. The van der Waals surface area contributed by atoms with Crippen molar-refractivity contribution < 1.29 is 27.8 Å². The number of carbonyl (C=O) groups is 1. The lowest BCUT2D eigenvalue weighted by Crippen LogP contribution is -2.50. The Morgan fingerprint density at radius 3 is 2.42 bits per heavy atom. The molecule has 1 aliphatic heterocycles. The zero-order valence-corrected chi connectivity index (χ0v) is 21.8. The van der Waals surface area contributed by atoms with Crippen molar-refractivity contribution in [1.82, 2.24) is 10.6 Å². The van der Waals surface area contributed by atoms with Crippen molar-refractivity contribution in [3.8, 4) is 0 Å². The Hall–Kier alpha value is -3.02. The van der Waals surface area contributed by atoms with Crippen molar-refractivity contribution >= 4 is 22.3 Å². The van der Waals surface area contributed by atoms with E-state index in [1.807, 2.05) is 31.2 Å². The lowest BCUT2D eigenvalue weighted by Gasteiger charge is -2.42. The Labute approximate surface area is 222 Å². The summed E-state index contributed by atoms with van der Waals surface area (Å²) < 4.78 is 48.7. The molecule has 10 heteroatoms. The number of nitrogens with one attached hydrogen (secondary N) is 3. The van der Waals surface area contributed by atoms with E-state index in [4.69, 9.17) is 0 Å². The first-order chi connectivity index (χ1) is 18.1. The maximum absolute atomic E-state index is 13.8. The molecule has 0 aliphatic carbocycles. The summed E-state index contributed by atoms with van der Waals surface area (Å²) in [7, 11) is -2.85. The van der Waals surface area contributed by atoms with Gasteiger partial charge < -0.3 is 21.1 Å². The topological polar surface area (TPSA) is 114 Å². The minimum absolute atomic E-state index is 0.00986. The van der Waals surface area contributed by atoms with E-state index in [2.05, 4.69) is 16.0 Å². The van der Waals surface area contributed by atoms with Gasteiger partial charge in [-0.3, -0.25) is 9.11 Å². The maximum Gasteiger partial charge on any atom is 0.319 e. The molecule has 0 bridgehead atoms. The van der Waals surface area contributed by atoms with Crippen LogP contribution in [0.15, 0.2) is 66.7 Å². The molecule has 204 valence electrons. The van der Waals surface area contributed by atoms with Gasteiger partial charge in [0.2, 0.25) is 0 Å². The number of hydrogen-bond acceptors (Lipinski definition) is 5. The summed E-state index contributed by atoms with van der Waals surface area (Å²) in [5.74, 6) is -1.23. The zero-order chi connectivity index (χ0) is 27.3. The standard InChI is InChI=1S/C28H33F2N3O4S/c1-2-18-8-9-20-16-38(36,37)17-26(24(20)12-18)31-15-27(34)25(13-19-10-21(29)14-22(30)11-19)33-28(35)32-23-6-4-3-5-7-23/h3-12,14,25-27,31,34,36-37H,2,13,15-17H2,1H3,(H2,32,33,35)/t25-,26-,27-/m0/s1. The van der Waals surface area contributed by atoms with Crippen molar-refractivity contribution in [2.24, 2.45) is 0 Å². The van der Waals surface area contributed by atoms with Gasteiger partial charge in [0.15, 0.2) is 0 Å². The first-order valence-electron chi connectivity index (χ1n) is 12.5. The van der Waals surface area contributed by atoms with Gasteiger partial charge in [-0.1, -0.05) is 43.3 Å². The van der Waals surface area contributed by atoms with E-state index in [0.717, 1.165) is 41.3 Å². The van der Waals surface area contributed by atoms with Gasteiger partial charge in [-0.15, -0.1) is 0 Å². The smallest absolute Gasteiger partial charge is 0.319 e. The zero-order valence-electron chi connectivity index (χ0n) is 21.0.